The molecule has 0 spiro atoms. The first-order chi connectivity index (χ1) is 10.7. The summed E-state index contributed by atoms with van der Waals surface area (Å²) in [7, 11) is 0. The van der Waals surface area contributed by atoms with Gasteiger partial charge in [-0.2, -0.15) is 0 Å². The van der Waals surface area contributed by atoms with Gasteiger partial charge in [0, 0.05) is 37.9 Å². The van der Waals surface area contributed by atoms with E-state index in [1.165, 1.54) is 11.3 Å². The number of carbonyl (C=O) groups is 2. The number of aromatic nitrogens is 1. The number of nitrogens with two attached hydrogens (primary N) is 1. The van der Waals surface area contributed by atoms with Gasteiger partial charge in [-0.1, -0.05) is 6.42 Å². The van der Waals surface area contributed by atoms with Gasteiger partial charge in [0.2, 0.25) is 5.91 Å². The third-order valence-electron chi connectivity index (χ3n) is 3.70. The highest BCUT2D eigenvalue weighted by atomic mass is 35.5. The molecule has 0 atom stereocenters. The number of amides is 2. The molecule has 8 heteroatoms. The van der Waals surface area contributed by atoms with Crippen molar-refractivity contribution in [3.63, 3.8) is 0 Å². The molecule has 3 N–H and O–H groups in total. The minimum absolute atomic E-state index is 0. The van der Waals surface area contributed by atoms with Crippen molar-refractivity contribution < 1.29 is 9.59 Å². The zero-order valence-electron chi connectivity index (χ0n) is 13.3. The number of likely N-dealkylation sites (tertiary alicyclic amines) is 1. The van der Waals surface area contributed by atoms with Gasteiger partial charge in [0.25, 0.3) is 5.91 Å². The number of nitrogens with zero attached hydrogens (tertiary/aromatic N) is 2. The highest BCUT2D eigenvalue weighted by Crippen LogP contribution is 2.11. The van der Waals surface area contributed by atoms with Crippen molar-refractivity contribution in [2.75, 3.05) is 26.2 Å². The summed E-state index contributed by atoms with van der Waals surface area (Å²) in [5.74, 6) is 0.0940. The van der Waals surface area contributed by atoms with Gasteiger partial charge in [-0.05, 0) is 25.8 Å². The van der Waals surface area contributed by atoms with Gasteiger partial charge in [-0.3, -0.25) is 9.59 Å². The molecule has 0 aromatic carbocycles. The Hall–Kier alpha value is -1.18. The molecule has 1 saturated heterocycles. The molecule has 1 aliphatic heterocycles. The smallest absolute Gasteiger partial charge is 0.270 e. The van der Waals surface area contributed by atoms with Gasteiger partial charge in [-0.15, -0.1) is 23.7 Å². The van der Waals surface area contributed by atoms with Crippen LogP contribution < -0.4 is 11.1 Å². The van der Waals surface area contributed by atoms with E-state index in [0.29, 0.717) is 38.2 Å². The molecule has 0 bridgehead atoms. The average molecular weight is 361 g/mol. The van der Waals surface area contributed by atoms with Crippen LogP contribution in [-0.4, -0.2) is 47.9 Å². The number of halogens is 1. The lowest BCUT2D eigenvalue weighted by Crippen LogP contribution is -2.34. The molecule has 1 fully saturated rings. The quantitative estimate of drug-likeness (QED) is 0.723. The van der Waals surface area contributed by atoms with Crippen molar-refractivity contribution in [3.05, 3.63) is 16.1 Å². The summed E-state index contributed by atoms with van der Waals surface area (Å²) in [5, 5.41) is 5.51. The average Bonchev–Trinajstić information content (AvgIpc) is 2.88. The maximum absolute atomic E-state index is 12.0. The largest absolute Gasteiger partial charge is 0.351 e. The summed E-state index contributed by atoms with van der Waals surface area (Å²) in [6.45, 7) is 2.67. The van der Waals surface area contributed by atoms with Gasteiger partial charge in [-0.25, -0.2) is 4.98 Å². The van der Waals surface area contributed by atoms with Crippen molar-refractivity contribution in [3.8, 4) is 0 Å². The van der Waals surface area contributed by atoms with Crippen molar-refractivity contribution in [1.29, 1.82) is 0 Å². The number of rotatable bonds is 7. The number of thiazole rings is 1. The normalized spacial score (nSPS) is 15.0. The van der Waals surface area contributed by atoms with Gasteiger partial charge < -0.3 is 16.0 Å². The summed E-state index contributed by atoms with van der Waals surface area (Å²) in [4.78, 5) is 30.0. The Morgan fingerprint density at radius 2 is 2.22 bits per heavy atom. The van der Waals surface area contributed by atoms with Gasteiger partial charge in [0.05, 0.1) is 5.01 Å². The Bertz CT molecular complexity index is 509. The number of carbonyl (C=O) groups excluding carboxylic acids is 2. The Balaban J connectivity index is 0.00000264. The molecule has 2 heterocycles. The minimum Gasteiger partial charge on any atom is -0.351 e. The second kappa shape index (κ2) is 10.6. The third-order valence-corrected chi connectivity index (χ3v) is 4.61. The van der Waals surface area contributed by atoms with Crippen LogP contribution in [0.1, 0.15) is 47.6 Å². The van der Waals surface area contributed by atoms with Crippen LogP contribution in [0.3, 0.4) is 0 Å². The Labute approximate surface area is 147 Å². The van der Waals surface area contributed by atoms with Crippen LogP contribution in [0, 0.1) is 0 Å². The third kappa shape index (κ3) is 6.45. The second-order valence-corrected chi connectivity index (χ2v) is 6.41. The Morgan fingerprint density at radius 3 is 3.00 bits per heavy atom. The van der Waals surface area contributed by atoms with Crippen molar-refractivity contribution in [2.24, 2.45) is 5.73 Å². The van der Waals surface area contributed by atoms with Crippen LogP contribution >= 0.6 is 23.7 Å². The fourth-order valence-corrected chi connectivity index (χ4v) is 3.29. The van der Waals surface area contributed by atoms with E-state index in [9.17, 15) is 9.59 Å². The molecule has 2 amide bonds. The fraction of sp³-hybridized carbons (Fsp3) is 0.667. The number of hydrogen-bond acceptors (Lipinski definition) is 5. The first kappa shape index (κ1) is 19.9. The zero-order chi connectivity index (χ0) is 15.8. The van der Waals surface area contributed by atoms with E-state index in [0.717, 1.165) is 37.2 Å². The lowest BCUT2D eigenvalue weighted by molar-refractivity contribution is -0.130. The predicted molar refractivity (Wildman–Crippen MR) is 94.1 cm³/mol. The molecule has 6 nitrogen and oxygen atoms in total. The van der Waals surface area contributed by atoms with Crippen LogP contribution in [0.4, 0.5) is 0 Å². The zero-order valence-corrected chi connectivity index (χ0v) is 14.9. The van der Waals surface area contributed by atoms with E-state index in [1.807, 2.05) is 4.90 Å². The van der Waals surface area contributed by atoms with Crippen LogP contribution in [0.25, 0.3) is 0 Å². The molecule has 1 aromatic rings. The molecule has 2 rings (SSSR count). The second-order valence-electron chi connectivity index (χ2n) is 5.47. The molecule has 0 aliphatic carbocycles. The predicted octanol–water partition coefficient (Wildman–Crippen LogP) is 1.59. The Kier molecular flexibility index (Phi) is 9.13. The van der Waals surface area contributed by atoms with E-state index < -0.39 is 0 Å². The monoisotopic (exact) mass is 360 g/mol. The molecule has 0 saturated carbocycles. The summed E-state index contributed by atoms with van der Waals surface area (Å²) in [5.41, 5.74) is 5.93. The summed E-state index contributed by atoms with van der Waals surface area (Å²) in [6, 6.07) is 0. The fourth-order valence-electron chi connectivity index (χ4n) is 2.49. The van der Waals surface area contributed by atoms with Crippen molar-refractivity contribution in [2.45, 2.75) is 38.5 Å². The summed E-state index contributed by atoms with van der Waals surface area (Å²) in [6.07, 6.45) is 5.36. The number of nitrogens with one attached hydrogen (secondary N) is 1. The van der Waals surface area contributed by atoms with E-state index >= 15 is 0 Å². The Morgan fingerprint density at radius 1 is 1.39 bits per heavy atom. The topological polar surface area (TPSA) is 88.3 Å². The van der Waals surface area contributed by atoms with E-state index in [2.05, 4.69) is 10.3 Å². The molecule has 0 radical (unpaired) electrons. The molecule has 130 valence electrons. The number of hydrogen-bond donors (Lipinski definition) is 2. The first-order valence-corrected chi connectivity index (χ1v) is 8.79. The maximum Gasteiger partial charge on any atom is 0.270 e. The van der Waals surface area contributed by atoms with Gasteiger partial charge in [0.15, 0.2) is 0 Å². The van der Waals surface area contributed by atoms with Crippen LogP contribution in [0.2, 0.25) is 0 Å². The van der Waals surface area contributed by atoms with Crippen LogP contribution in [0.5, 0.6) is 0 Å². The SMILES string of the molecule is Cl.NCCc1nc(C(=O)NCCCN2CCCCCC2=O)cs1. The lowest BCUT2D eigenvalue weighted by atomic mass is 10.2. The molecule has 1 aromatic heterocycles. The lowest BCUT2D eigenvalue weighted by Gasteiger charge is -2.20. The maximum atomic E-state index is 12.0. The van der Waals surface area contributed by atoms with Gasteiger partial charge in [0.1, 0.15) is 5.69 Å². The molecular weight excluding hydrogens is 336 g/mol. The van der Waals surface area contributed by atoms with Gasteiger partial charge >= 0.3 is 0 Å². The molecular formula is C15H25ClN4O2S. The summed E-state index contributed by atoms with van der Waals surface area (Å²) < 4.78 is 0. The van der Waals surface area contributed by atoms with E-state index in [-0.39, 0.29) is 24.2 Å². The molecule has 23 heavy (non-hydrogen) atoms. The molecule has 0 unspecified atom stereocenters. The van der Waals surface area contributed by atoms with Crippen LogP contribution in [0.15, 0.2) is 5.38 Å². The first-order valence-electron chi connectivity index (χ1n) is 7.91. The molecule has 1 aliphatic rings. The summed E-state index contributed by atoms with van der Waals surface area (Å²) >= 11 is 1.46. The van der Waals surface area contributed by atoms with E-state index in [1.54, 1.807) is 5.38 Å². The van der Waals surface area contributed by atoms with Crippen molar-refractivity contribution >= 4 is 35.6 Å². The van der Waals surface area contributed by atoms with E-state index in [4.69, 9.17) is 5.73 Å². The highest BCUT2D eigenvalue weighted by Gasteiger charge is 2.16. The highest BCUT2D eigenvalue weighted by molar-refractivity contribution is 7.09. The van der Waals surface area contributed by atoms with Crippen LogP contribution in [-0.2, 0) is 11.2 Å². The standard InChI is InChI=1S/C15H24N4O2S.ClH/c16-7-6-13-18-12(11-22-13)15(21)17-8-4-10-19-9-3-1-2-5-14(19)20;/h11H,1-10,16H2,(H,17,21);1H. The minimum atomic E-state index is -0.151. The van der Waals surface area contributed by atoms with Crippen molar-refractivity contribution in [1.82, 2.24) is 15.2 Å².